The number of unbranched alkanes of at least 4 members (excludes halogenated alkanes) is 1. The molecule has 3 amide bonds. The number of carbonyl (C=O) groups is 3. The molecule has 2 aromatic rings. The zero-order valence-corrected chi connectivity index (χ0v) is 24.3. The number of amides is 3. The molecule has 1 aliphatic carbocycles. The lowest BCUT2D eigenvalue weighted by Gasteiger charge is -2.36. The van der Waals surface area contributed by atoms with Crippen molar-refractivity contribution in [2.75, 3.05) is 6.54 Å². The molecule has 0 aliphatic heterocycles. The van der Waals surface area contributed by atoms with Gasteiger partial charge >= 0.3 is 6.09 Å². The Balaban J connectivity index is 2.00. The van der Waals surface area contributed by atoms with Crippen LogP contribution in [0.15, 0.2) is 54.6 Å². The van der Waals surface area contributed by atoms with Crippen LogP contribution in [0.5, 0.6) is 5.75 Å². The van der Waals surface area contributed by atoms with Gasteiger partial charge in [-0.3, -0.25) is 9.59 Å². The molecule has 3 N–H and O–H groups in total. The lowest BCUT2D eigenvalue weighted by Crippen LogP contribution is -2.54. The first-order valence-electron chi connectivity index (χ1n) is 14.5. The number of alkyl carbamates (subject to hydrolysis) is 1. The highest BCUT2D eigenvalue weighted by molar-refractivity contribution is 5.92. The fraction of sp³-hybridized carbons (Fsp3) is 0.531. The number of aromatic hydroxyl groups is 1. The van der Waals surface area contributed by atoms with Crippen molar-refractivity contribution in [2.45, 2.75) is 103 Å². The number of phenols is 1. The summed E-state index contributed by atoms with van der Waals surface area (Å²) in [5, 5.41) is 16.8. The van der Waals surface area contributed by atoms with Crippen LogP contribution >= 0.6 is 0 Å². The van der Waals surface area contributed by atoms with Gasteiger partial charge in [0.1, 0.15) is 23.4 Å². The van der Waals surface area contributed by atoms with E-state index < -0.39 is 29.7 Å². The van der Waals surface area contributed by atoms with Crippen LogP contribution in [-0.2, 0) is 20.7 Å². The Morgan fingerprint density at radius 1 is 1.00 bits per heavy atom. The van der Waals surface area contributed by atoms with Gasteiger partial charge in [0.25, 0.3) is 0 Å². The highest BCUT2D eigenvalue weighted by Gasteiger charge is 2.38. The highest BCUT2D eigenvalue weighted by Crippen LogP contribution is 2.31. The van der Waals surface area contributed by atoms with E-state index in [1.54, 1.807) is 39.0 Å². The Hall–Kier alpha value is -3.55. The van der Waals surface area contributed by atoms with Crippen molar-refractivity contribution in [3.63, 3.8) is 0 Å². The Kier molecular flexibility index (Phi) is 11.4. The molecule has 1 fully saturated rings. The van der Waals surface area contributed by atoms with Gasteiger partial charge in [0.05, 0.1) is 0 Å². The summed E-state index contributed by atoms with van der Waals surface area (Å²) in [6, 6.07) is 14.1. The fourth-order valence-electron chi connectivity index (χ4n) is 5.09. The van der Waals surface area contributed by atoms with Gasteiger partial charge in [0.2, 0.25) is 11.8 Å². The highest BCUT2D eigenvalue weighted by atomic mass is 16.6. The van der Waals surface area contributed by atoms with Gasteiger partial charge in [-0.05, 0) is 51.7 Å². The first-order valence-corrected chi connectivity index (χ1v) is 14.5. The van der Waals surface area contributed by atoms with Gasteiger partial charge in [-0.25, -0.2) is 4.79 Å². The van der Waals surface area contributed by atoms with Crippen molar-refractivity contribution in [1.29, 1.82) is 0 Å². The SMILES string of the molecule is CCCCN(C(=O)C(Cc1ccccc1)NC(=O)OC(C)(C)C)C(C(=O)NC1CCCCC1)c1ccccc1O. The van der Waals surface area contributed by atoms with Crippen LogP contribution in [0.2, 0.25) is 0 Å². The molecule has 40 heavy (non-hydrogen) atoms. The molecule has 0 saturated heterocycles. The van der Waals surface area contributed by atoms with Crippen LogP contribution < -0.4 is 10.6 Å². The van der Waals surface area contributed by atoms with Gasteiger partial charge in [-0.15, -0.1) is 0 Å². The molecular formula is C32H45N3O5. The summed E-state index contributed by atoms with van der Waals surface area (Å²) in [5.41, 5.74) is 0.471. The number of nitrogens with one attached hydrogen (secondary N) is 2. The van der Waals surface area contributed by atoms with Gasteiger partial charge in [-0.2, -0.15) is 0 Å². The van der Waals surface area contributed by atoms with Gasteiger partial charge < -0.3 is 25.4 Å². The van der Waals surface area contributed by atoms with Gasteiger partial charge in [0, 0.05) is 24.6 Å². The monoisotopic (exact) mass is 551 g/mol. The zero-order valence-electron chi connectivity index (χ0n) is 24.3. The molecule has 0 spiro atoms. The molecule has 1 aliphatic rings. The van der Waals surface area contributed by atoms with Crippen molar-refractivity contribution in [3.8, 4) is 5.75 Å². The molecule has 0 bridgehead atoms. The number of para-hydroxylation sites is 1. The first-order chi connectivity index (χ1) is 19.1. The zero-order chi connectivity index (χ0) is 29.1. The van der Waals surface area contributed by atoms with E-state index in [0.29, 0.717) is 12.0 Å². The van der Waals surface area contributed by atoms with Crippen molar-refractivity contribution in [1.82, 2.24) is 15.5 Å². The molecule has 2 atom stereocenters. The predicted molar refractivity (Wildman–Crippen MR) is 156 cm³/mol. The molecule has 8 heteroatoms. The minimum absolute atomic E-state index is 0.0257. The second-order valence-corrected chi connectivity index (χ2v) is 11.6. The third-order valence-electron chi connectivity index (χ3n) is 7.05. The molecule has 3 rings (SSSR count). The summed E-state index contributed by atoms with van der Waals surface area (Å²) in [7, 11) is 0. The molecule has 2 unspecified atom stereocenters. The smallest absolute Gasteiger partial charge is 0.408 e. The lowest BCUT2D eigenvalue weighted by atomic mass is 9.94. The Labute approximate surface area is 238 Å². The van der Waals surface area contributed by atoms with E-state index in [1.165, 1.54) is 11.0 Å². The van der Waals surface area contributed by atoms with E-state index in [0.717, 1.165) is 44.1 Å². The number of rotatable bonds is 11. The van der Waals surface area contributed by atoms with E-state index in [-0.39, 0.29) is 30.7 Å². The quantitative estimate of drug-likeness (QED) is 0.335. The third kappa shape index (κ3) is 9.28. The number of benzene rings is 2. The largest absolute Gasteiger partial charge is 0.508 e. The van der Waals surface area contributed by atoms with Crippen LogP contribution in [0, 0.1) is 0 Å². The van der Waals surface area contributed by atoms with Gasteiger partial charge in [-0.1, -0.05) is 81.1 Å². The summed E-state index contributed by atoms with van der Waals surface area (Å²) in [5.74, 6) is -0.788. The van der Waals surface area contributed by atoms with E-state index in [9.17, 15) is 19.5 Å². The number of hydrogen-bond acceptors (Lipinski definition) is 5. The van der Waals surface area contributed by atoms with Crippen LogP contribution in [0.25, 0.3) is 0 Å². The molecule has 0 heterocycles. The predicted octanol–water partition coefficient (Wildman–Crippen LogP) is 5.65. The molecule has 0 aromatic heterocycles. The molecule has 8 nitrogen and oxygen atoms in total. The molecule has 218 valence electrons. The number of carbonyl (C=O) groups excluding carboxylic acids is 3. The summed E-state index contributed by atoms with van der Waals surface area (Å²) in [4.78, 5) is 42.7. The Bertz CT molecular complexity index is 1110. The lowest BCUT2D eigenvalue weighted by molar-refractivity contribution is -0.143. The average Bonchev–Trinajstić information content (AvgIpc) is 2.91. The normalized spacial score (nSPS) is 15.5. The Morgan fingerprint density at radius 3 is 2.27 bits per heavy atom. The Morgan fingerprint density at radius 2 is 1.65 bits per heavy atom. The summed E-state index contributed by atoms with van der Waals surface area (Å²) < 4.78 is 5.49. The molecule has 0 radical (unpaired) electrons. The van der Waals surface area contributed by atoms with Crippen molar-refractivity contribution >= 4 is 17.9 Å². The van der Waals surface area contributed by atoms with Gasteiger partial charge in [0.15, 0.2) is 0 Å². The standard InChI is InChI=1S/C32H45N3O5/c1-5-6-21-35(28(25-19-13-14-20-27(25)36)29(37)33-24-17-11-8-12-18-24)30(38)26(22-23-15-9-7-10-16-23)34-31(39)40-32(2,3)4/h7,9-10,13-16,19-20,24,26,28,36H,5-6,8,11-12,17-18,21-22H2,1-4H3,(H,33,37)(H,34,39). The maximum atomic E-state index is 14.4. The van der Waals surface area contributed by atoms with E-state index in [1.807, 2.05) is 37.3 Å². The van der Waals surface area contributed by atoms with Crippen molar-refractivity contribution in [3.05, 3.63) is 65.7 Å². The van der Waals surface area contributed by atoms with Crippen LogP contribution in [0.1, 0.15) is 89.8 Å². The minimum Gasteiger partial charge on any atom is -0.508 e. The second-order valence-electron chi connectivity index (χ2n) is 11.6. The molecule has 2 aromatic carbocycles. The number of phenolic OH excluding ortho intramolecular Hbond substituents is 1. The number of nitrogens with zero attached hydrogens (tertiary/aromatic N) is 1. The van der Waals surface area contributed by atoms with Crippen LogP contribution in [0.3, 0.4) is 0 Å². The first kappa shape index (κ1) is 31.0. The van der Waals surface area contributed by atoms with Crippen LogP contribution in [0.4, 0.5) is 4.79 Å². The van der Waals surface area contributed by atoms with Crippen molar-refractivity contribution in [2.24, 2.45) is 0 Å². The maximum Gasteiger partial charge on any atom is 0.408 e. The average molecular weight is 552 g/mol. The van der Waals surface area contributed by atoms with Crippen LogP contribution in [-0.4, -0.2) is 52.1 Å². The maximum absolute atomic E-state index is 14.4. The summed E-state index contributed by atoms with van der Waals surface area (Å²) in [6.45, 7) is 7.59. The fourth-order valence-corrected chi connectivity index (χ4v) is 5.09. The number of ether oxygens (including phenoxy) is 1. The second kappa shape index (κ2) is 14.7. The number of hydrogen-bond donors (Lipinski definition) is 3. The van der Waals surface area contributed by atoms with E-state index >= 15 is 0 Å². The van der Waals surface area contributed by atoms with E-state index in [2.05, 4.69) is 10.6 Å². The minimum atomic E-state index is -1.05. The molecule has 1 saturated carbocycles. The van der Waals surface area contributed by atoms with E-state index in [4.69, 9.17) is 4.74 Å². The third-order valence-corrected chi connectivity index (χ3v) is 7.05. The summed E-state index contributed by atoms with van der Waals surface area (Å²) in [6.07, 6.45) is 5.97. The topological polar surface area (TPSA) is 108 Å². The summed E-state index contributed by atoms with van der Waals surface area (Å²) >= 11 is 0. The molecular weight excluding hydrogens is 506 g/mol. The van der Waals surface area contributed by atoms with Crippen molar-refractivity contribution < 1.29 is 24.2 Å².